The molecule has 0 aromatic heterocycles. The minimum atomic E-state index is -4.56. The predicted molar refractivity (Wildman–Crippen MR) is 103 cm³/mol. The molecule has 2 rings (SSSR count). The van der Waals surface area contributed by atoms with Crippen molar-refractivity contribution >= 4 is 33.7 Å². The predicted octanol–water partition coefficient (Wildman–Crippen LogP) is 4.06. The third kappa shape index (κ3) is 6.87. The molecule has 0 aliphatic rings. The van der Waals surface area contributed by atoms with Gasteiger partial charge in [0.05, 0.1) is 0 Å². The first-order valence-electron chi connectivity index (χ1n) is 7.96. The van der Waals surface area contributed by atoms with Crippen molar-refractivity contribution in [2.45, 2.75) is 41.6 Å². The lowest BCUT2D eigenvalue weighted by atomic mass is 10.2. The van der Waals surface area contributed by atoms with Crippen LogP contribution in [0.2, 0.25) is 0 Å². The molecule has 0 radical (unpaired) electrons. The minimum Gasteiger partial charge on any atom is -0.444 e. The second-order valence-electron chi connectivity index (χ2n) is 6.69. The molecule has 2 aromatic carbocycles. The number of ether oxygens (including phenoxy) is 1. The van der Waals surface area contributed by atoms with Gasteiger partial charge in [0.1, 0.15) is 5.60 Å². The first kappa shape index (κ1) is 21.2. The highest BCUT2D eigenvalue weighted by molar-refractivity contribution is 7.99. The molecule has 9 heteroatoms. The number of aliphatic hydroxyl groups is 1. The van der Waals surface area contributed by atoms with Gasteiger partial charge in [0.25, 0.3) is 10.1 Å². The lowest BCUT2D eigenvalue weighted by molar-refractivity contribution is 0.0636. The van der Waals surface area contributed by atoms with Crippen LogP contribution in [0, 0.1) is 0 Å². The van der Waals surface area contributed by atoms with Crippen molar-refractivity contribution in [1.82, 2.24) is 0 Å². The number of hydrogen-bond acceptors (Lipinski definition) is 6. The fraction of sp³-hybridized carbons (Fsp3) is 0.278. The molecule has 0 aliphatic carbocycles. The molecule has 146 valence electrons. The van der Waals surface area contributed by atoms with E-state index in [4.69, 9.17) is 9.29 Å². The number of amides is 1. The molecular formula is C18H21NO6S2. The molecule has 3 N–H and O–H groups in total. The summed E-state index contributed by atoms with van der Waals surface area (Å²) in [7, 11) is -4.56. The van der Waals surface area contributed by atoms with E-state index in [9.17, 15) is 18.3 Å². The number of benzene rings is 2. The molecule has 0 saturated carbocycles. The van der Waals surface area contributed by atoms with Gasteiger partial charge in [0.2, 0.25) is 5.44 Å². The van der Waals surface area contributed by atoms with Gasteiger partial charge in [-0.1, -0.05) is 30.0 Å². The fourth-order valence-corrected chi connectivity index (χ4v) is 3.45. The Morgan fingerprint density at radius 2 is 1.74 bits per heavy atom. The number of rotatable bonds is 5. The van der Waals surface area contributed by atoms with Gasteiger partial charge in [-0.15, -0.1) is 0 Å². The van der Waals surface area contributed by atoms with E-state index in [0.717, 1.165) is 9.79 Å². The maximum atomic E-state index is 11.8. The number of carbonyl (C=O) groups is 1. The van der Waals surface area contributed by atoms with Gasteiger partial charge < -0.3 is 9.84 Å². The summed E-state index contributed by atoms with van der Waals surface area (Å²) < 4.78 is 36.1. The molecule has 1 atom stereocenters. The second-order valence-corrected chi connectivity index (χ2v) is 9.32. The summed E-state index contributed by atoms with van der Waals surface area (Å²) in [5, 5.41) is 12.2. The molecule has 27 heavy (non-hydrogen) atoms. The second kappa shape index (κ2) is 8.30. The van der Waals surface area contributed by atoms with E-state index < -0.39 is 27.2 Å². The van der Waals surface area contributed by atoms with Crippen molar-refractivity contribution in [2.24, 2.45) is 0 Å². The van der Waals surface area contributed by atoms with Crippen molar-refractivity contribution in [3.63, 3.8) is 0 Å². The Morgan fingerprint density at radius 1 is 1.11 bits per heavy atom. The molecule has 2 aromatic rings. The van der Waals surface area contributed by atoms with Gasteiger partial charge in [-0.3, -0.25) is 9.87 Å². The van der Waals surface area contributed by atoms with Gasteiger partial charge in [-0.25, -0.2) is 4.79 Å². The Balaban J connectivity index is 2.07. The number of aliphatic hydroxyl groups excluding tert-OH is 1. The summed E-state index contributed by atoms with van der Waals surface area (Å²) >= 11 is 1.38. The summed E-state index contributed by atoms with van der Waals surface area (Å²) in [4.78, 5) is 13.5. The van der Waals surface area contributed by atoms with Crippen LogP contribution in [-0.4, -0.2) is 29.8 Å². The standard InChI is InChI=1S/C18H21NO6S2/c1-18(2,3)25-17(21)19-13-5-4-6-15(11-13)26-14-9-7-12(8-10-14)16(20)27(22,23)24/h4-11,16,20H,1-3H3,(H,19,21)(H,22,23,24). The molecule has 7 nitrogen and oxygen atoms in total. The van der Waals surface area contributed by atoms with Crippen LogP contribution in [0.3, 0.4) is 0 Å². The largest absolute Gasteiger partial charge is 0.444 e. The molecular weight excluding hydrogens is 390 g/mol. The molecule has 1 amide bonds. The summed E-state index contributed by atoms with van der Waals surface area (Å²) in [5.74, 6) is 0. The highest BCUT2D eigenvalue weighted by Gasteiger charge is 2.21. The smallest absolute Gasteiger partial charge is 0.412 e. The SMILES string of the molecule is CC(C)(C)OC(=O)Nc1cccc(Sc2ccc(C(O)S(=O)(=O)O)cc2)c1. The summed E-state index contributed by atoms with van der Waals surface area (Å²) in [5.41, 5.74) is -1.92. The van der Waals surface area contributed by atoms with E-state index in [1.807, 2.05) is 6.07 Å². The normalized spacial score (nSPS) is 13.1. The zero-order chi connectivity index (χ0) is 20.2. The third-order valence-electron chi connectivity index (χ3n) is 3.16. The quantitative estimate of drug-likeness (QED) is 0.636. The maximum absolute atomic E-state index is 11.8. The minimum absolute atomic E-state index is 0.0715. The van der Waals surface area contributed by atoms with Gasteiger partial charge in [-0.2, -0.15) is 8.42 Å². The van der Waals surface area contributed by atoms with Gasteiger partial charge in [0, 0.05) is 15.5 Å². The first-order valence-corrected chi connectivity index (χ1v) is 10.3. The zero-order valence-electron chi connectivity index (χ0n) is 15.0. The van der Waals surface area contributed by atoms with Crippen molar-refractivity contribution in [2.75, 3.05) is 5.32 Å². The van der Waals surface area contributed by atoms with Crippen molar-refractivity contribution < 1.29 is 27.6 Å². The van der Waals surface area contributed by atoms with Gasteiger partial charge in [-0.05, 0) is 56.7 Å². The monoisotopic (exact) mass is 411 g/mol. The molecule has 0 spiro atoms. The van der Waals surface area contributed by atoms with Gasteiger partial charge in [0.15, 0.2) is 0 Å². The Labute approximate surface area is 162 Å². The van der Waals surface area contributed by atoms with Crippen LogP contribution < -0.4 is 5.32 Å². The molecule has 0 bridgehead atoms. The maximum Gasteiger partial charge on any atom is 0.412 e. The number of hydrogen-bond donors (Lipinski definition) is 3. The van der Waals surface area contributed by atoms with E-state index in [-0.39, 0.29) is 5.56 Å². The van der Waals surface area contributed by atoms with Crippen LogP contribution in [0.25, 0.3) is 0 Å². The fourth-order valence-electron chi connectivity index (χ4n) is 2.07. The summed E-state index contributed by atoms with van der Waals surface area (Å²) in [6.07, 6.45) is -0.548. The number of nitrogens with one attached hydrogen (secondary N) is 1. The van der Waals surface area contributed by atoms with Crippen molar-refractivity contribution in [1.29, 1.82) is 0 Å². The number of anilines is 1. The van der Waals surface area contributed by atoms with E-state index in [2.05, 4.69) is 5.32 Å². The molecule has 0 heterocycles. The van der Waals surface area contributed by atoms with Crippen LogP contribution in [0.4, 0.5) is 10.5 Å². The molecule has 0 fully saturated rings. The van der Waals surface area contributed by atoms with Crippen LogP contribution in [0.5, 0.6) is 0 Å². The van der Waals surface area contributed by atoms with Crippen molar-refractivity contribution in [3.05, 3.63) is 54.1 Å². The van der Waals surface area contributed by atoms with E-state index in [0.29, 0.717) is 5.69 Å². The molecule has 0 saturated heterocycles. The Hall–Kier alpha value is -2.07. The van der Waals surface area contributed by atoms with Crippen LogP contribution in [0.1, 0.15) is 31.8 Å². The van der Waals surface area contributed by atoms with Crippen LogP contribution in [0.15, 0.2) is 58.3 Å². The summed E-state index contributed by atoms with van der Waals surface area (Å²) in [6.45, 7) is 5.34. The third-order valence-corrected chi connectivity index (χ3v) is 5.00. The van der Waals surface area contributed by atoms with Crippen molar-refractivity contribution in [3.8, 4) is 0 Å². The van der Waals surface area contributed by atoms with Gasteiger partial charge >= 0.3 is 6.09 Å². The highest BCUT2D eigenvalue weighted by Crippen LogP contribution is 2.31. The van der Waals surface area contributed by atoms with E-state index in [1.54, 1.807) is 51.1 Å². The lowest BCUT2D eigenvalue weighted by Crippen LogP contribution is -2.27. The molecule has 0 aliphatic heterocycles. The van der Waals surface area contributed by atoms with E-state index >= 15 is 0 Å². The zero-order valence-corrected chi connectivity index (χ0v) is 16.7. The Kier molecular flexibility index (Phi) is 6.53. The highest BCUT2D eigenvalue weighted by atomic mass is 32.2. The summed E-state index contributed by atoms with van der Waals surface area (Å²) in [6, 6.07) is 13.2. The van der Waals surface area contributed by atoms with Crippen LogP contribution in [-0.2, 0) is 14.9 Å². The molecule has 1 unspecified atom stereocenters. The number of carbonyl (C=O) groups excluding carboxylic acids is 1. The average Bonchev–Trinajstić information content (AvgIpc) is 2.52. The van der Waals surface area contributed by atoms with Crippen LogP contribution >= 0.6 is 11.8 Å². The Morgan fingerprint density at radius 3 is 2.30 bits per heavy atom. The topological polar surface area (TPSA) is 113 Å². The first-order chi connectivity index (χ1) is 12.4. The Bertz CT molecular complexity index is 904. The average molecular weight is 412 g/mol. The van der Waals surface area contributed by atoms with E-state index in [1.165, 1.54) is 23.9 Å². The lowest BCUT2D eigenvalue weighted by Gasteiger charge is -2.19.